The Kier molecular flexibility index (Phi) is 4.49. The summed E-state index contributed by atoms with van der Waals surface area (Å²) in [5.41, 5.74) is 1.76. The van der Waals surface area contributed by atoms with E-state index < -0.39 is 5.97 Å². The lowest BCUT2D eigenvalue weighted by Crippen LogP contribution is -2.15. The zero-order valence-electron chi connectivity index (χ0n) is 14.2. The number of ether oxygens (including phenoxy) is 1. The molecule has 7 heteroatoms. The van der Waals surface area contributed by atoms with Gasteiger partial charge < -0.3 is 9.26 Å². The molecule has 0 aliphatic rings. The second kappa shape index (κ2) is 7.25. The number of hydrogen-bond donors (Lipinski definition) is 1. The Morgan fingerprint density at radius 1 is 1.04 bits per heavy atom. The Morgan fingerprint density at radius 2 is 1.78 bits per heavy atom. The molecule has 27 heavy (non-hydrogen) atoms. The molecular formula is C20H15N3O4. The first-order valence-corrected chi connectivity index (χ1v) is 8.33. The van der Waals surface area contributed by atoms with Crippen LogP contribution in [0.1, 0.15) is 11.5 Å². The summed E-state index contributed by atoms with van der Waals surface area (Å²) in [6, 6.07) is 18.3. The molecule has 2 aromatic carbocycles. The second-order valence-corrected chi connectivity index (χ2v) is 5.93. The number of nitrogens with one attached hydrogen (secondary N) is 1. The SMILES string of the molecule is O=C(Cc1n[nH]c(=O)c2ccccc12)OCc1cc(-c2ccccc2)no1. The number of H-pyrrole nitrogens is 1. The molecule has 0 saturated heterocycles. The van der Waals surface area contributed by atoms with Crippen LogP contribution in [0, 0.1) is 0 Å². The van der Waals surface area contributed by atoms with Crippen LogP contribution in [0.4, 0.5) is 0 Å². The number of aromatic amines is 1. The summed E-state index contributed by atoms with van der Waals surface area (Å²) in [6.45, 7) is -0.0278. The van der Waals surface area contributed by atoms with Gasteiger partial charge in [-0.2, -0.15) is 5.10 Å². The third-order valence-corrected chi connectivity index (χ3v) is 4.09. The molecule has 4 rings (SSSR count). The van der Waals surface area contributed by atoms with Gasteiger partial charge in [-0.3, -0.25) is 9.59 Å². The van der Waals surface area contributed by atoms with Gasteiger partial charge in [-0.1, -0.05) is 53.7 Å². The van der Waals surface area contributed by atoms with Gasteiger partial charge in [0.25, 0.3) is 5.56 Å². The second-order valence-electron chi connectivity index (χ2n) is 5.93. The molecule has 0 saturated carbocycles. The molecule has 0 spiro atoms. The molecule has 0 radical (unpaired) electrons. The summed E-state index contributed by atoms with van der Waals surface area (Å²) >= 11 is 0. The van der Waals surface area contributed by atoms with Crippen molar-refractivity contribution < 1.29 is 14.1 Å². The van der Waals surface area contributed by atoms with Crippen molar-refractivity contribution in [2.75, 3.05) is 0 Å². The minimum atomic E-state index is -0.475. The molecule has 2 aromatic heterocycles. The molecule has 2 heterocycles. The minimum Gasteiger partial charge on any atom is -0.457 e. The number of hydrogen-bond acceptors (Lipinski definition) is 6. The number of carbonyl (C=O) groups is 1. The van der Waals surface area contributed by atoms with Crippen LogP contribution < -0.4 is 5.56 Å². The van der Waals surface area contributed by atoms with Crippen molar-refractivity contribution in [2.24, 2.45) is 0 Å². The van der Waals surface area contributed by atoms with Gasteiger partial charge in [0.05, 0.1) is 17.5 Å². The highest BCUT2D eigenvalue weighted by atomic mass is 16.5. The largest absolute Gasteiger partial charge is 0.457 e. The average Bonchev–Trinajstić information content (AvgIpc) is 3.19. The fourth-order valence-corrected chi connectivity index (χ4v) is 2.77. The Balaban J connectivity index is 1.43. The molecule has 1 N–H and O–H groups in total. The maximum Gasteiger partial charge on any atom is 0.312 e. The minimum absolute atomic E-state index is 0.0278. The zero-order chi connectivity index (χ0) is 18.6. The van der Waals surface area contributed by atoms with Gasteiger partial charge in [-0.05, 0) is 6.07 Å². The Bertz CT molecular complexity index is 1150. The van der Waals surface area contributed by atoms with Crippen LogP contribution >= 0.6 is 0 Å². The number of fused-ring (bicyclic) bond motifs is 1. The molecule has 7 nitrogen and oxygen atoms in total. The van der Waals surface area contributed by atoms with E-state index in [4.69, 9.17) is 9.26 Å². The monoisotopic (exact) mass is 361 g/mol. The summed E-state index contributed by atoms with van der Waals surface area (Å²) in [4.78, 5) is 24.0. The van der Waals surface area contributed by atoms with Gasteiger partial charge in [0.2, 0.25) is 0 Å². The van der Waals surface area contributed by atoms with Crippen LogP contribution in [-0.2, 0) is 22.6 Å². The van der Waals surface area contributed by atoms with Crippen molar-refractivity contribution in [3.63, 3.8) is 0 Å². The van der Waals surface area contributed by atoms with Crippen molar-refractivity contribution in [3.8, 4) is 11.3 Å². The average molecular weight is 361 g/mol. The maximum atomic E-state index is 12.2. The zero-order valence-corrected chi connectivity index (χ0v) is 14.2. The number of carbonyl (C=O) groups excluding carboxylic acids is 1. The van der Waals surface area contributed by atoms with E-state index in [9.17, 15) is 9.59 Å². The molecule has 4 aromatic rings. The normalized spacial score (nSPS) is 10.8. The number of rotatable bonds is 5. The van der Waals surface area contributed by atoms with Crippen LogP contribution in [0.25, 0.3) is 22.0 Å². The van der Waals surface area contributed by atoms with Crippen molar-refractivity contribution in [1.82, 2.24) is 15.4 Å². The molecule has 134 valence electrons. The van der Waals surface area contributed by atoms with E-state index in [1.54, 1.807) is 30.3 Å². The molecule has 0 amide bonds. The summed E-state index contributed by atoms with van der Waals surface area (Å²) in [6.07, 6.45) is -0.0586. The first-order valence-electron chi connectivity index (χ1n) is 8.33. The molecule has 0 fully saturated rings. The predicted molar refractivity (Wildman–Crippen MR) is 97.8 cm³/mol. The first kappa shape index (κ1) is 16.7. The topological polar surface area (TPSA) is 98.1 Å². The summed E-state index contributed by atoms with van der Waals surface area (Å²) in [7, 11) is 0. The van der Waals surface area contributed by atoms with Gasteiger partial charge in [-0.25, -0.2) is 5.10 Å². The summed E-state index contributed by atoms with van der Waals surface area (Å²) in [5.74, 6) is -0.0288. The predicted octanol–water partition coefficient (Wildman–Crippen LogP) is 2.86. The van der Waals surface area contributed by atoms with E-state index >= 15 is 0 Å². The van der Waals surface area contributed by atoms with Crippen molar-refractivity contribution in [1.29, 1.82) is 0 Å². The molecule has 0 bridgehead atoms. The van der Waals surface area contributed by atoms with Crippen LogP contribution in [0.5, 0.6) is 0 Å². The molecular weight excluding hydrogens is 346 g/mol. The van der Waals surface area contributed by atoms with Gasteiger partial charge in [0.1, 0.15) is 5.69 Å². The Hall–Kier alpha value is -3.74. The smallest absolute Gasteiger partial charge is 0.312 e. The van der Waals surface area contributed by atoms with Crippen LogP contribution in [0.3, 0.4) is 0 Å². The highest BCUT2D eigenvalue weighted by Gasteiger charge is 2.13. The van der Waals surface area contributed by atoms with Gasteiger partial charge in [0.15, 0.2) is 12.4 Å². The molecule has 0 aliphatic heterocycles. The fraction of sp³-hybridized carbons (Fsp3) is 0.100. The number of aromatic nitrogens is 3. The maximum absolute atomic E-state index is 12.2. The van der Waals surface area contributed by atoms with Crippen molar-refractivity contribution in [3.05, 3.63) is 82.5 Å². The number of nitrogens with zero attached hydrogens (tertiary/aromatic N) is 2. The van der Waals surface area contributed by atoms with Crippen molar-refractivity contribution in [2.45, 2.75) is 13.0 Å². The third-order valence-electron chi connectivity index (χ3n) is 4.09. The number of esters is 1. The van der Waals surface area contributed by atoms with E-state index in [1.807, 2.05) is 30.3 Å². The first-order chi connectivity index (χ1) is 13.2. The van der Waals surface area contributed by atoms with E-state index in [1.165, 1.54) is 0 Å². The Morgan fingerprint density at radius 3 is 2.59 bits per heavy atom. The lowest BCUT2D eigenvalue weighted by molar-refractivity contribution is -0.144. The lowest BCUT2D eigenvalue weighted by atomic mass is 10.1. The summed E-state index contributed by atoms with van der Waals surface area (Å²) in [5, 5.41) is 11.5. The third kappa shape index (κ3) is 3.62. The van der Waals surface area contributed by atoms with Crippen LogP contribution in [0.15, 0.2) is 70.0 Å². The summed E-state index contributed by atoms with van der Waals surface area (Å²) < 4.78 is 10.5. The van der Waals surface area contributed by atoms with E-state index in [2.05, 4.69) is 15.4 Å². The van der Waals surface area contributed by atoms with Gasteiger partial charge >= 0.3 is 5.97 Å². The van der Waals surface area contributed by atoms with Crippen molar-refractivity contribution >= 4 is 16.7 Å². The van der Waals surface area contributed by atoms with Crippen LogP contribution in [0.2, 0.25) is 0 Å². The van der Waals surface area contributed by atoms with Gasteiger partial charge in [0, 0.05) is 17.0 Å². The van der Waals surface area contributed by atoms with Gasteiger partial charge in [-0.15, -0.1) is 0 Å². The molecule has 0 aliphatic carbocycles. The lowest BCUT2D eigenvalue weighted by Gasteiger charge is -2.05. The number of benzene rings is 2. The van der Waals surface area contributed by atoms with E-state index in [-0.39, 0.29) is 18.6 Å². The van der Waals surface area contributed by atoms with E-state index in [0.29, 0.717) is 27.9 Å². The fourth-order valence-electron chi connectivity index (χ4n) is 2.77. The standard InChI is InChI=1S/C20H15N3O4/c24-19(11-18-15-8-4-5-9-16(15)20(25)22-21-18)26-12-14-10-17(23-27-14)13-6-2-1-3-7-13/h1-10H,11-12H2,(H,22,25). The molecule has 0 unspecified atom stereocenters. The highest BCUT2D eigenvalue weighted by molar-refractivity contribution is 5.86. The Labute approximate surface area is 153 Å². The highest BCUT2D eigenvalue weighted by Crippen LogP contribution is 2.19. The van der Waals surface area contributed by atoms with E-state index in [0.717, 1.165) is 5.56 Å². The van der Waals surface area contributed by atoms with Crippen LogP contribution in [-0.4, -0.2) is 21.3 Å². The quantitative estimate of drug-likeness (QED) is 0.549. The molecule has 0 atom stereocenters.